The molecule has 3 rings (SSSR count). The molecule has 4 nitrogen and oxygen atoms in total. The van der Waals surface area contributed by atoms with Gasteiger partial charge in [0.25, 0.3) is 0 Å². The van der Waals surface area contributed by atoms with Crippen LogP contribution < -0.4 is 5.32 Å². The first-order chi connectivity index (χ1) is 11.3. The molecule has 1 aliphatic rings. The number of fused-ring (bicyclic) bond motifs is 1. The number of hydrogen-bond donors (Lipinski definition) is 1. The van der Waals surface area contributed by atoms with Crippen LogP contribution in [0.15, 0.2) is 35.1 Å². The highest BCUT2D eigenvalue weighted by molar-refractivity contribution is 9.11. The first kappa shape index (κ1) is 17.3. The van der Waals surface area contributed by atoms with Crippen molar-refractivity contribution in [2.24, 2.45) is 7.05 Å². The van der Waals surface area contributed by atoms with Gasteiger partial charge in [0.05, 0.1) is 17.2 Å². The maximum atomic E-state index is 12.9. The second kappa shape index (κ2) is 6.11. The minimum Gasteiger partial charge on any atom is -0.367 e. The molecule has 1 N–H and O–H groups in total. The predicted octanol–water partition coefficient (Wildman–Crippen LogP) is 4.29. The molecule has 0 saturated heterocycles. The number of thioether (sulfide) groups is 1. The second-order valence-electron chi connectivity index (χ2n) is 5.23. The van der Waals surface area contributed by atoms with Crippen LogP contribution >= 0.6 is 27.7 Å². The van der Waals surface area contributed by atoms with Gasteiger partial charge in [-0.1, -0.05) is 22.9 Å². The highest BCUT2D eigenvalue weighted by Gasteiger charge is 2.37. The monoisotopic (exact) mass is 418 g/mol. The molecule has 9 heteroatoms. The van der Waals surface area contributed by atoms with E-state index < -0.39 is 16.7 Å². The lowest BCUT2D eigenvalue weighted by Gasteiger charge is -2.32. The molecule has 1 aliphatic heterocycles. The molecule has 3 heterocycles. The van der Waals surface area contributed by atoms with Crippen molar-refractivity contribution in [3.63, 3.8) is 0 Å². The smallest absolute Gasteiger partial charge is 0.367 e. The fourth-order valence-electron chi connectivity index (χ4n) is 2.61. The molecule has 24 heavy (non-hydrogen) atoms. The molecule has 0 saturated carbocycles. The Kier molecular flexibility index (Phi) is 4.41. The normalized spacial score (nSPS) is 21.0. The number of aromatic nitrogens is 3. The van der Waals surface area contributed by atoms with E-state index in [4.69, 9.17) is 0 Å². The van der Waals surface area contributed by atoms with Gasteiger partial charge in [-0.2, -0.15) is 13.2 Å². The van der Waals surface area contributed by atoms with E-state index in [2.05, 4.69) is 31.2 Å². The van der Waals surface area contributed by atoms with Crippen molar-refractivity contribution < 1.29 is 13.2 Å². The summed E-state index contributed by atoms with van der Waals surface area (Å²) in [7, 11) is 1.78. The van der Waals surface area contributed by atoms with Crippen molar-refractivity contribution in [1.29, 1.82) is 0 Å². The Morgan fingerprint density at radius 3 is 2.79 bits per heavy atom. The minimum atomic E-state index is -4.49. The number of nitrogens with one attached hydrogen (secondary N) is 1. The van der Waals surface area contributed by atoms with Crippen LogP contribution in [0.2, 0.25) is 0 Å². The van der Waals surface area contributed by atoms with Crippen molar-refractivity contribution in [2.75, 3.05) is 5.75 Å². The summed E-state index contributed by atoms with van der Waals surface area (Å²) in [5, 5.41) is 3.28. The molecule has 128 valence electrons. The maximum absolute atomic E-state index is 12.9. The Morgan fingerprint density at radius 2 is 2.17 bits per heavy atom. The highest BCUT2D eigenvalue weighted by Crippen LogP contribution is 2.40. The Balaban J connectivity index is 2.18. The topological polar surface area (TPSA) is 42.7 Å². The third-order valence-corrected chi connectivity index (χ3v) is 5.30. The molecule has 1 unspecified atom stereocenters. The van der Waals surface area contributed by atoms with Crippen molar-refractivity contribution in [2.45, 2.75) is 18.0 Å². The van der Waals surface area contributed by atoms with E-state index in [0.29, 0.717) is 11.3 Å². The third kappa shape index (κ3) is 2.95. The Labute approximate surface area is 149 Å². The van der Waals surface area contributed by atoms with Crippen LogP contribution in [0.3, 0.4) is 0 Å². The number of halogens is 4. The van der Waals surface area contributed by atoms with E-state index in [1.807, 2.05) is 19.1 Å². The summed E-state index contributed by atoms with van der Waals surface area (Å²) < 4.78 is 41.3. The van der Waals surface area contributed by atoms with Gasteiger partial charge in [-0.3, -0.25) is 0 Å². The average molecular weight is 419 g/mol. The Hall–Kier alpha value is -1.48. The van der Waals surface area contributed by atoms with Crippen LogP contribution in [-0.2, 0) is 18.1 Å². The summed E-state index contributed by atoms with van der Waals surface area (Å²) >= 11 is 5.06. The van der Waals surface area contributed by atoms with Gasteiger partial charge in [-0.25, -0.2) is 9.97 Å². The predicted molar refractivity (Wildman–Crippen MR) is 92.6 cm³/mol. The first-order valence-corrected chi connectivity index (χ1v) is 8.91. The molecular formula is C15H14BrF3N4S. The maximum Gasteiger partial charge on any atom is 0.433 e. The number of alkyl halides is 3. The van der Waals surface area contributed by atoms with Gasteiger partial charge < -0.3 is 9.88 Å². The Bertz CT molecular complexity index is 843. The van der Waals surface area contributed by atoms with Gasteiger partial charge in [0.2, 0.25) is 0 Å². The summed E-state index contributed by atoms with van der Waals surface area (Å²) in [5.41, 5.74) is -0.119. The number of dihydropyridines is 1. The van der Waals surface area contributed by atoms with Gasteiger partial charge in [0, 0.05) is 11.5 Å². The lowest BCUT2D eigenvalue weighted by atomic mass is 10.2. The minimum absolute atomic E-state index is 0.270. The number of aryl methyl sites for hydroxylation is 1. The number of pyridine rings is 1. The largest absolute Gasteiger partial charge is 0.433 e. The molecule has 0 aromatic carbocycles. The standard InChI is InChI=1S/C15H14BrF3N4S/c1-3-24-14(7-9(16)4-5-21-14)13-22-10-6-12(15(17,18)19)20-8-11(10)23(13)2/h4-8,21H,3H2,1-2H3. The lowest BCUT2D eigenvalue weighted by Crippen LogP contribution is -2.38. The van der Waals surface area contributed by atoms with Gasteiger partial charge in [0.1, 0.15) is 11.5 Å². The van der Waals surface area contributed by atoms with Crippen LogP contribution in [0.25, 0.3) is 11.0 Å². The fraction of sp³-hybridized carbons (Fsp3) is 0.333. The summed E-state index contributed by atoms with van der Waals surface area (Å²) in [6, 6.07) is 0.987. The van der Waals surface area contributed by atoms with E-state index in [1.54, 1.807) is 29.6 Å². The average Bonchev–Trinajstić information content (AvgIpc) is 2.84. The number of imidazole rings is 1. The van der Waals surface area contributed by atoms with Gasteiger partial charge >= 0.3 is 6.18 Å². The van der Waals surface area contributed by atoms with Crippen molar-refractivity contribution in [1.82, 2.24) is 19.9 Å². The SMILES string of the molecule is CCSC1(c2nc3cc(C(F)(F)F)ncc3n2C)C=C(Br)C=CN1. The summed E-state index contributed by atoms with van der Waals surface area (Å²) in [4.78, 5) is 7.35. The van der Waals surface area contributed by atoms with Crippen molar-refractivity contribution in [3.8, 4) is 0 Å². The molecule has 1 atom stereocenters. The molecule has 0 fully saturated rings. The van der Waals surface area contributed by atoms with E-state index in [1.165, 1.54) is 6.20 Å². The Morgan fingerprint density at radius 1 is 1.42 bits per heavy atom. The van der Waals surface area contributed by atoms with Crippen molar-refractivity contribution >= 4 is 38.7 Å². The third-order valence-electron chi connectivity index (χ3n) is 3.64. The van der Waals surface area contributed by atoms with Crippen LogP contribution in [0.4, 0.5) is 13.2 Å². The van der Waals surface area contributed by atoms with Crippen LogP contribution in [-0.4, -0.2) is 20.3 Å². The number of allylic oxidation sites excluding steroid dienone is 2. The molecular weight excluding hydrogens is 405 g/mol. The zero-order chi connectivity index (χ0) is 17.5. The zero-order valence-corrected chi connectivity index (χ0v) is 15.3. The number of hydrogen-bond acceptors (Lipinski definition) is 4. The summed E-state index contributed by atoms with van der Waals surface area (Å²) in [6.45, 7) is 2.01. The lowest BCUT2D eigenvalue weighted by molar-refractivity contribution is -0.141. The van der Waals surface area contributed by atoms with E-state index >= 15 is 0 Å². The van der Waals surface area contributed by atoms with Crippen LogP contribution in [0, 0.1) is 0 Å². The van der Waals surface area contributed by atoms with Gasteiger partial charge in [-0.05, 0) is 30.2 Å². The van der Waals surface area contributed by atoms with E-state index in [-0.39, 0.29) is 5.52 Å². The summed E-state index contributed by atoms with van der Waals surface area (Å²) in [6.07, 6.45) is 2.35. The van der Waals surface area contributed by atoms with Crippen LogP contribution in [0.1, 0.15) is 18.4 Å². The quantitative estimate of drug-likeness (QED) is 0.807. The van der Waals surface area contributed by atoms with Gasteiger partial charge in [0.15, 0.2) is 4.87 Å². The highest BCUT2D eigenvalue weighted by atomic mass is 79.9. The molecule has 0 spiro atoms. The second-order valence-corrected chi connectivity index (χ2v) is 7.65. The van der Waals surface area contributed by atoms with Crippen molar-refractivity contribution in [3.05, 3.63) is 46.6 Å². The molecule has 0 amide bonds. The first-order valence-electron chi connectivity index (χ1n) is 7.13. The number of rotatable bonds is 3. The van der Waals surface area contributed by atoms with E-state index in [9.17, 15) is 13.2 Å². The van der Waals surface area contributed by atoms with E-state index in [0.717, 1.165) is 16.3 Å². The molecule has 2 aromatic rings. The zero-order valence-electron chi connectivity index (χ0n) is 12.9. The molecule has 0 bridgehead atoms. The molecule has 0 radical (unpaired) electrons. The van der Waals surface area contributed by atoms with Gasteiger partial charge in [-0.15, -0.1) is 11.8 Å². The summed E-state index contributed by atoms with van der Waals surface area (Å²) in [5.74, 6) is 1.42. The molecule has 0 aliphatic carbocycles. The molecule has 2 aromatic heterocycles. The van der Waals surface area contributed by atoms with Crippen LogP contribution in [0.5, 0.6) is 0 Å². The fourth-order valence-corrected chi connectivity index (χ4v) is 4.37. The number of nitrogens with zero attached hydrogens (tertiary/aromatic N) is 3.